The van der Waals surface area contributed by atoms with E-state index in [0.29, 0.717) is 12.1 Å². The van der Waals surface area contributed by atoms with Gasteiger partial charge in [-0.3, -0.25) is 14.4 Å². The molecule has 224 valence electrons. The number of nitrogens with two attached hydrogens (primary N) is 1. The molecule has 1 heterocycles. The van der Waals surface area contributed by atoms with Crippen LogP contribution in [0.15, 0.2) is 60.8 Å². The quantitative estimate of drug-likeness (QED) is 0.150. The van der Waals surface area contributed by atoms with Crippen molar-refractivity contribution in [1.29, 1.82) is 0 Å². The lowest BCUT2D eigenvalue weighted by atomic mass is 10.0. The van der Waals surface area contributed by atoms with Crippen molar-refractivity contribution in [3.63, 3.8) is 0 Å². The number of phenolic OH excluding ortho intramolecular Hbond substituents is 1. The molecule has 0 spiro atoms. The Morgan fingerprint density at radius 3 is 2.21 bits per heavy atom. The molecule has 3 atom stereocenters. The van der Waals surface area contributed by atoms with E-state index in [4.69, 9.17) is 5.73 Å². The number of amides is 3. The Bertz CT molecular complexity index is 1340. The molecule has 3 rings (SSSR count). The maximum Gasteiger partial charge on any atom is 0.326 e. The fraction of sp³-hybridized carbons (Fsp3) is 0.379. The molecule has 1 aromatic heterocycles. The molecule has 3 amide bonds. The molecule has 0 saturated carbocycles. The average molecular weight is 580 g/mol. The van der Waals surface area contributed by atoms with Crippen molar-refractivity contribution in [2.45, 2.75) is 57.8 Å². The van der Waals surface area contributed by atoms with Crippen molar-refractivity contribution < 1.29 is 29.4 Å². The maximum atomic E-state index is 13.0. The molecule has 0 bridgehead atoms. The summed E-state index contributed by atoms with van der Waals surface area (Å²) in [6.45, 7) is 3.07. The van der Waals surface area contributed by atoms with E-state index in [9.17, 15) is 29.4 Å². The molecule has 0 fully saturated rings. The van der Waals surface area contributed by atoms with E-state index in [1.54, 1.807) is 54.7 Å². The highest BCUT2D eigenvalue weighted by Crippen LogP contribution is 2.16. The zero-order valence-corrected chi connectivity index (χ0v) is 23.6. The van der Waals surface area contributed by atoms with Crippen LogP contribution in [0.5, 0.6) is 5.75 Å². The number of nitrogens with one attached hydrogen (secondary N) is 3. The number of carboxylic acid groups (broad SMARTS) is 1. The first-order valence-electron chi connectivity index (χ1n) is 13.6. The Hall–Kier alpha value is -4.78. The molecule has 0 aliphatic rings. The van der Waals surface area contributed by atoms with Crippen LogP contribution in [0.3, 0.4) is 0 Å². The summed E-state index contributed by atoms with van der Waals surface area (Å²) in [7, 11) is 0. The number of nitrogens with zero attached hydrogens (tertiary/aromatic N) is 3. The van der Waals surface area contributed by atoms with Crippen LogP contribution in [0.4, 0.5) is 0 Å². The van der Waals surface area contributed by atoms with E-state index in [-0.39, 0.29) is 31.1 Å². The van der Waals surface area contributed by atoms with Gasteiger partial charge in [0.2, 0.25) is 17.7 Å². The van der Waals surface area contributed by atoms with E-state index in [0.717, 1.165) is 11.1 Å². The number of carbonyl (C=O) groups is 4. The minimum Gasteiger partial charge on any atom is -0.508 e. The van der Waals surface area contributed by atoms with Gasteiger partial charge in [-0.05, 0) is 42.0 Å². The molecule has 0 aliphatic heterocycles. The first-order chi connectivity index (χ1) is 20.0. The molecule has 0 saturated heterocycles. The summed E-state index contributed by atoms with van der Waals surface area (Å²) < 4.78 is 1.30. The lowest BCUT2D eigenvalue weighted by molar-refractivity contribution is -0.142. The van der Waals surface area contributed by atoms with Gasteiger partial charge in [0, 0.05) is 6.42 Å². The number of aliphatic carboxylic acids is 1. The summed E-state index contributed by atoms with van der Waals surface area (Å²) in [5.74, 6) is -2.75. The molecule has 2 aromatic carbocycles. The molecule has 0 unspecified atom stereocenters. The Kier molecular flexibility index (Phi) is 11.6. The summed E-state index contributed by atoms with van der Waals surface area (Å²) in [6.07, 6.45) is 2.36. The number of hydrogen-bond donors (Lipinski definition) is 6. The van der Waals surface area contributed by atoms with Crippen LogP contribution in [-0.2, 0) is 38.6 Å². The molecule has 3 aromatic rings. The molecular weight excluding hydrogens is 542 g/mol. The fourth-order valence-electron chi connectivity index (χ4n) is 4.20. The number of aromatic hydroxyl groups is 1. The van der Waals surface area contributed by atoms with Gasteiger partial charge >= 0.3 is 5.97 Å². The van der Waals surface area contributed by atoms with Crippen molar-refractivity contribution in [2.24, 2.45) is 11.7 Å². The predicted octanol–water partition coefficient (Wildman–Crippen LogP) is 0.685. The van der Waals surface area contributed by atoms with E-state index < -0.39 is 48.4 Å². The third kappa shape index (κ3) is 10.3. The highest BCUT2D eigenvalue weighted by atomic mass is 16.4. The van der Waals surface area contributed by atoms with Crippen molar-refractivity contribution in [3.05, 3.63) is 77.6 Å². The molecule has 13 nitrogen and oxygen atoms in total. The number of carbonyl (C=O) groups excluding carboxylic acids is 3. The van der Waals surface area contributed by atoms with Crippen LogP contribution in [0.1, 0.15) is 43.1 Å². The second-order valence-corrected chi connectivity index (χ2v) is 10.4. The standard InChI is InChI=1S/C29H37N7O6/c1-18(2)12-24(29(41)42)33-28(40)23(14-19-6-4-3-5-7-19)32-26(38)15-31-27(39)17-36-16-25(34-35-36)22(30)13-20-8-10-21(37)11-9-20/h3-11,16,18,22-24,37H,12-15,17,30H2,1-2H3,(H,31,39)(H,32,38)(H,33,40)(H,41,42)/t22-,23-,24-/m0/s1. The topological polar surface area (TPSA) is 202 Å². The van der Waals surface area contributed by atoms with Crippen molar-refractivity contribution in [1.82, 2.24) is 30.9 Å². The molecule has 0 radical (unpaired) electrons. The first kappa shape index (κ1) is 31.7. The Labute approximate surface area is 243 Å². The Morgan fingerprint density at radius 2 is 1.57 bits per heavy atom. The lowest BCUT2D eigenvalue weighted by Crippen LogP contribution is -2.54. The van der Waals surface area contributed by atoms with Gasteiger partial charge in [0.15, 0.2) is 0 Å². The summed E-state index contributed by atoms with van der Waals surface area (Å²) in [5, 5.41) is 34.5. The van der Waals surface area contributed by atoms with Crippen LogP contribution in [0, 0.1) is 5.92 Å². The fourth-order valence-corrected chi connectivity index (χ4v) is 4.20. The van der Waals surface area contributed by atoms with Crippen LogP contribution in [0.25, 0.3) is 0 Å². The van der Waals surface area contributed by atoms with E-state index in [1.807, 2.05) is 19.9 Å². The summed E-state index contributed by atoms with van der Waals surface area (Å²) in [6, 6.07) is 13.0. The summed E-state index contributed by atoms with van der Waals surface area (Å²) in [5.41, 5.74) is 8.35. The molecule has 7 N–H and O–H groups in total. The normalized spacial score (nSPS) is 13.1. The van der Waals surface area contributed by atoms with E-state index >= 15 is 0 Å². The highest BCUT2D eigenvalue weighted by molar-refractivity contribution is 5.92. The van der Waals surface area contributed by atoms with Gasteiger partial charge in [0.05, 0.1) is 24.5 Å². The van der Waals surface area contributed by atoms with Crippen LogP contribution in [0.2, 0.25) is 0 Å². The van der Waals surface area contributed by atoms with Gasteiger partial charge in [-0.2, -0.15) is 0 Å². The lowest BCUT2D eigenvalue weighted by Gasteiger charge is -2.22. The number of aromatic nitrogens is 3. The monoisotopic (exact) mass is 579 g/mol. The third-order valence-electron chi connectivity index (χ3n) is 6.34. The first-order valence-corrected chi connectivity index (χ1v) is 13.6. The maximum absolute atomic E-state index is 13.0. The summed E-state index contributed by atoms with van der Waals surface area (Å²) >= 11 is 0. The zero-order valence-electron chi connectivity index (χ0n) is 23.6. The largest absolute Gasteiger partial charge is 0.508 e. The van der Waals surface area contributed by atoms with Crippen molar-refractivity contribution in [2.75, 3.05) is 6.54 Å². The van der Waals surface area contributed by atoms with Gasteiger partial charge < -0.3 is 31.9 Å². The van der Waals surface area contributed by atoms with Crippen molar-refractivity contribution in [3.8, 4) is 5.75 Å². The van der Waals surface area contributed by atoms with Gasteiger partial charge in [-0.15, -0.1) is 5.10 Å². The van der Waals surface area contributed by atoms with Crippen LogP contribution in [-0.4, -0.2) is 67.5 Å². The molecule has 13 heteroatoms. The number of rotatable bonds is 15. The van der Waals surface area contributed by atoms with Crippen LogP contribution >= 0.6 is 0 Å². The molecular formula is C29H37N7O6. The van der Waals surface area contributed by atoms with Gasteiger partial charge in [0.25, 0.3) is 0 Å². The number of benzene rings is 2. The predicted molar refractivity (Wildman–Crippen MR) is 153 cm³/mol. The number of carboxylic acids is 1. The summed E-state index contributed by atoms with van der Waals surface area (Å²) in [4.78, 5) is 49.9. The van der Waals surface area contributed by atoms with Gasteiger partial charge in [0.1, 0.15) is 24.4 Å². The highest BCUT2D eigenvalue weighted by Gasteiger charge is 2.27. The second-order valence-electron chi connectivity index (χ2n) is 10.4. The smallest absolute Gasteiger partial charge is 0.326 e. The van der Waals surface area contributed by atoms with Crippen LogP contribution < -0.4 is 21.7 Å². The van der Waals surface area contributed by atoms with Gasteiger partial charge in [-0.25, -0.2) is 9.48 Å². The Morgan fingerprint density at radius 1 is 0.905 bits per heavy atom. The third-order valence-corrected chi connectivity index (χ3v) is 6.34. The molecule has 42 heavy (non-hydrogen) atoms. The average Bonchev–Trinajstić information content (AvgIpc) is 3.41. The van der Waals surface area contributed by atoms with Crippen molar-refractivity contribution >= 4 is 23.7 Å². The SMILES string of the molecule is CC(C)C[C@H](NC(=O)[C@H](Cc1ccccc1)NC(=O)CNC(=O)Cn1cc([C@@H](N)Cc2ccc(O)cc2)nn1)C(=O)O. The minimum atomic E-state index is -1.16. The Balaban J connectivity index is 1.54. The van der Waals surface area contributed by atoms with E-state index in [2.05, 4.69) is 26.3 Å². The van der Waals surface area contributed by atoms with Gasteiger partial charge in [-0.1, -0.05) is 61.5 Å². The molecule has 0 aliphatic carbocycles. The number of hydrogen-bond acceptors (Lipinski definition) is 8. The minimum absolute atomic E-state index is 0.0276. The second kappa shape index (κ2) is 15.3. The van der Waals surface area contributed by atoms with E-state index in [1.165, 1.54) is 4.68 Å². The number of phenols is 1. The zero-order chi connectivity index (χ0) is 30.6.